The molecule has 1 aromatic carbocycles. The molecule has 1 aliphatic rings. The lowest BCUT2D eigenvalue weighted by molar-refractivity contribution is 0.0571. The molecule has 3 unspecified atom stereocenters. The van der Waals surface area contributed by atoms with Crippen molar-refractivity contribution in [1.29, 1.82) is 0 Å². The Kier molecular flexibility index (Phi) is 5.83. The lowest BCUT2D eigenvalue weighted by Gasteiger charge is -2.46. The molecule has 0 amide bonds. The number of nitrogens with one attached hydrogen (secondary N) is 1. The number of nitrogens with zero attached hydrogens (tertiary/aromatic N) is 1. The minimum Gasteiger partial charge on any atom is -0.311 e. The quantitative estimate of drug-likeness (QED) is 0.878. The minimum atomic E-state index is 0.496. The van der Waals surface area contributed by atoms with Gasteiger partial charge in [0.05, 0.1) is 0 Å². The van der Waals surface area contributed by atoms with E-state index in [2.05, 4.69) is 75.2 Å². The molecule has 1 N–H and O–H groups in total. The van der Waals surface area contributed by atoms with Gasteiger partial charge in [-0.05, 0) is 30.7 Å². The zero-order valence-corrected chi connectivity index (χ0v) is 14.3. The first-order chi connectivity index (χ1) is 9.99. The van der Waals surface area contributed by atoms with Crippen LogP contribution in [0.4, 0.5) is 0 Å². The summed E-state index contributed by atoms with van der Waals surface area (Å²) in [6.07, 6.45) is 1.27. The lowest BCUT2D eigenvalue weighted by atomic mass is 9.92. The first-order valence-electron chi connectivity index (χ1n) is 8.53. The molecule has 118 valence electrons. The molecule has 1 fully saturated rings. The van der Waals surface area contributed by atoms with E-state index in [4.69, 9.17) is 0 Å². The third-order valence-electron chi connectivity index (χ3n) is 4.78. The summed E-state index contributed by atoms with van der Waals surface area (Å²) in [5.41, 5.74) is 1.44. The Morgan fingerprint density at radius 1 is 1.10 bits per heavy atom. The minimum absolute atomic E-state index is 0.496. The Balaban J connectivity index is 2.13. The van der Waals surface area contributed by atoms with Crippen molar-refractivity contribution in [3.63, 3.8) is 0 Å². The second-order valence-electron chi connectivity index (χ2n) is 7.33. The molecule has 21 heavy (non-hydrogen) atoms. The van der Waals surface area contributed by atoms with E-state index in [1.165, 1.54) is 12.0 Å². The number of hydrogen-bond donors (Lipinski definition) is 1. The van der Waals surface area contributed by atoms with E-state index >= 15 is 0 Å². The number of rotatable bonds is 5. The van der Waals surface area contributed by atoms with Gasteiger partial charge in [-0.1, -0.05) is 58.0 Å². The van der Waals surface area contributed by atoms with E-state index in [-0.39, 0.29) is 0 Å². The number of piperazine rings is 1. The van der Waals surface area contributed by atoms with Gasteiger partial charge in [0.25, 0.3) is 0 Å². The van der Waals surface area contributed by atoms with E-state index in [0.29, 0.717) is 24.0 Å². The van der Waals surface area contributed by atoms with Gasteiger partial charge in [-0.25, -0.2) is 0 Å². The summed E-state index contributed by atoms with van der Waals surface area (Å²) in [6.45, 7) is 14.0. The van der Waals surface area contributed by atoms with Crippen LogP contribution in [0.3, 0.4) is 0 Å². The van der Waals surface area contributed by atoms with Crippen molar-refractivity contribution < 1.29 is 0 Å². The highest BCUT2D eigenvalue weighted by molar-refractivity contribution is 5.19. The van der Waals surface area contributed by atoms with Crippen molar-refractivity contribution in [3.8, 4) is 0 Å². The summed E-state index contributed by atoms with van der Waals surface area (Å²) in [6, 6.07) is 12.7. The number of hydrogen-bond acceptors (Lipinski definition) is 2. The third kappa shape index (κ3) is 4.31. The molecule has 1 aromatic rings. The van der Waals surface area contributed by atoms with Gasteiger partial charge in [0.1, 0.15) is 0 Å². The van der Waals surface area contributed by atoms with E-state index < -0.39 is 0 Å². The van der Waals surface area contributed by atoms with Crippen LogP contribution < -0.4 is 5.32 Å². The normalized spacial score (nSPS) is 25.5. The monoisotopic (exact) mass is 288 g/mol. The summed E-state index contributed by atoms with van der Waals surface area (Å²) >= 11 is 0. The van der Waals surface area contributed by atoms with Crippen LogP contribution in [0.5, 0.6) is 0 Å². The van der Waals surface area contributed by atoms with Gasteiger partial charge in [-0.3, -0.25) is 4.90 Å². The Morgan fingerprint density at radius 3 is 2.33 bits per heavy atom. The molecule has 1 aliphatic heterocycles. The van der Waals surface area contributed by atoms with Crippen LogP contribution in [-0.4, -0.2) is 30.1 Å². The number of benzene rings is 1. The fourth-order valence-corrected chi connectivity index (χ4v) is 3.57. The van der Waals surface area contributed by atoms with Crippen LogP contribution in [0.2, 0.25) is 0 Å². The lowest BCUT2D eigenvalue weighted by Crippen LogP contribution is -2.58. The van der Waals surface area contributed by atoms with Crippen molar-refractivity contribution in [1.82, 2.24) is 10.2 Å². The van der Waals surface area contributed by atoms with Crippen molar-refractivity contribution in [2.75, 3.05) is 13.1 Å². The van der Waals surface area contributed by atoms with Crippen LogP contribution in [0.25, 0.3) is 0 Å². The Bertz CT molecular complexity index is 413. The standard InChI is InChI=1S/C19H32N2/c1-14(2)11-18-13-21(19(12-20-18)15(3)4)16(5)17-9-7-6-8-10-17/h6-10,14-16,18-20H,11-13H2,1-5H3. The van der Waals surface area contributed by atoms with Gasteiger partial charge in [0, 0.05) is 31.2 Å². The summed E-state index contributed by atoms with van der Waals surface area (Å²) in [5.74, 6) is 1.44. The summed E-state index contributed by atoms with van der Waals surface area (Å²) in [5, 5.41) is 3.78. The van der Waals surface area contributed by atoms with Crippen molar-refractivity contribution in [2.24, 2.45) is 11.8 Å². The topological polar surface area (TPSA) is 15.3 Å². The summed E-state index contributed by atoms with van der Waals surface area (Å²) in [4.78, 5) is 2.73. The molecule has 2 heteroatoms. The highest BCUT2D eigenvalue weighted by Gasteiger charge is 2.33. The maximum Gasteiger partial charge on any atom is 0.0324 e. The molecule has 0 saturated carbocycles. The van der Waals surface area contributed by atoms with Gasteiger partial charge < -0.3 is 5.32 Å². The van der Waals surface area contributed by atoms with Crippen molar-refractivity contribution >= 4 is 0 Å². The maximum atomic E-state index is 3.78. The largest absolute Gasteiger partial charge is 0.311 e. The molecule has 0 radical (unpaired) electrons. The average Bonchev–Trinajstić information content (AvgIpc) is 2.46. The molecule has 3 atom stereocenters. The predicted octanol–water partition coefficient (Wildman–Crippen LogP) is 4.09. The molecule has 0 spiro atoms. The Labute approximate surface area is 130 Å². The predicted molar refractivity (Wildman–Crippen MR) is 91.4 cm³/mol. The van der Waals surface area contributed by atoms with Gasteiger partial charge in [-0.15, -0.1) is 0 Å². The molecule has 0 bridgehead atoms. The first-order valence-corrected chi connectivity index (χ1v) is 8.53. The van der Waals surface area contributed by atoms with Gasteiger partial charge in [0.2, 0.25) is 0 Å². The summed E-state index contributed by atoms with van der Waals surface area (Å²) < 4.78 is 0. The average molecular weight is 288 g/mol. The van der Waals surface area contributed by atoms with Crippen LogP contribution in [-0.2, 0) is 0 Å². The van der Waals surface area contributed by atoms with Crippen LogP contribution >= 0.6 is 0 Å². The van der Waals surface area contributed by atoms with Gasteiger partial charge >= 0.3 is 0 Å². The molecule has 0 aromatic heterocycles. The molecule has 1 heterocycles. The molecule has 2 nitrogen and oxygen atoms in total. The Morgan fingerprint density at radius 2 is 1.76 bits per heavy atom. The van der Waals surface area contributed by atoms with E-state index in [9.17, 15) is 0 Å². The van der Waals surface area contributed by atoms with E-state index in [0.717, 1.165) is 19.0 Å². The molecular formula is C19H32N2. The molecule has 2 rings (SSSR count). The highest BCUT2D eigenvalue weighted by atomic mass is 15.3. The van der Waals surface area contributed by atoms with E-state index in [1.54, 1.807) is 0 Å². The first kappa shape index (κ1) is 16.5. The smallest absolute Gasteiger partial charge is 0.0324 e. The second kappa shape index (κ2) is 7.42. The zero-order valence-electron chi connectivity index (χ0n) is 14.3. The fourth-order valence-electron chi connectivity index (χ4n) is 3.57. The molecule has 0 aliphatic carbocycles. The van der Waals surface area contributed by atoms with Crippen molar-refractivity contribution in [3.05, 3.63) is 35.9 Å². The van der Waals surface area contributed by atoms with Gasteiger partial charge in [0.15, 0.2) is 0 Å². The van der Waals surface area contributed by atoms with Crippen LogP contribution in [0.1, 0.15) is 52.6 Å². The highest BCUT2D eigenvalue weighted by Crippen LogP contribution is 2.28. The SMILES string of the molecule is CC(C)CC1CN(C(C)c2ccccc2)C(C(C)C)CN1. The van der Waals surface area contributed by atoms with E-state index in [1.807, 2.05) is 0 Å². The third-order valence-corrected chi connectivity index (χ3v) is 4.78. The maximum absolute atomic E-state index is 3.78. The molecule has 1 saturated heterocycles. The Hall–Kier alpha value is -0.860. The second-order valence-corrected chi connectivity index (χ2v) is 7.33. The summed E-state index contributed by atoms with van der Waals surface area (Å²) in [7, 11) is 0. The zero-order chi connectivity index (χ0) is 15.4. The van der Waals surface area contributed by atoms with Crippen molar-refractivity contribution in [2.45, 2.75) is 59.2 Å². The van der Waals surface area contributed by atoms with Crippen LogP contribution in [0, 0.1) is 11.8 Å². The fraction of sp³-hybridized carbons (Fsp3) is 0.684. The molecular weight excluding hydrogens is 256 g/mol. The van der Waals surface area contributed by atoms with Crippen LogP contribution in [0.15, 0.2) is 30.3 Å². The van der Waals surface area contributed by atoms with Gasteiger partial charge in [-0.2, -0.15) is 0 Å².